The fourth-order valence-corrected chi connectivity index (χ4v) is 4.92. The Bertz CT molecular complexity index is 1470. The first-order chi connectivity index (χ1) is 16.1. The Labute approximate surface area is 202 Å². The van der Waals surface area contributed by atoms with E-state index in [0.717, 1.165) is 22.0 Å². The number of aromatic nitrogens is 1. The monoisotopic (exact) mass is 489 g/mol. The van der Waals surface area contributed by atoms with Crippen molar-refractivity contribution in [2.75, 3.05) is 10.6 Å². The largest absolute Gasteiger partial charge is 0.320 e. The predicted octanol–water partition coefficient (Wildman–Crippen LogP) is 7.18. The van der Waals surface area contributed by atoms with Gasteiger partial charge in [0.2, 0.25) is 0 Å². The Kier molecular flexibility index (Phi) is 5.92. The number of hydrogen-bond donors (Lipinski definition) is 2. The van der Waals surface area contributed by atoms with Crippen LogP contribution in [0.25, 0.3) is 22.0 Å². The summed E-state index contributed by atoms with van der Waals surface area (Å²) in [6.45, 7) is 0. The van der Waals surface area contributed by atoms with Crippen molar-refractivity contribution in [1.82, 2.24) is 4.98 Å². The molecule has 0 saturated carbocycles. The number of nitrogens with zero attached hydrogens (tertiary/aromatic N) is 1. The molecule has 0 spiro atoms. The lowest BCUT2D eigenvalue weighted by molar-refractivity contribution is 0.101. The van der Waals surface area contributed by atoms with Gasteiger partial charge in [0.25, 0.3) is 11.8 Å². The molecule has 0 radical (unpaired) electrons. The van der Waals surface area contributed by atoms with Crippen molar-refractivity contribution >= 4 is 67.7 Å². The van der Waals surface area contributed by atoms with Crippen LogP contribution in [-0.4, -0.2) is 16.8 Å². The van der Waals surface area contributed by atoms with Crippen molar-refractivity contribution in [2.24, 2.45) is 0 Å². The number of carbonyl (C=O) groups excluding carboxylic acids is 2. The third-order valence-electron chi connectivity index (χ3n) is 5.01. The summed E-state index contributed by atoms with van der Waals surface area (Å²) in [5.41, 5.74) is 2.54. The zero-order valence-electron chi connectivity index (χ0n) is 17.0. The van der Waals surface area contributed by atoms with Crippen molar-refractivity contribution < 1.29 is 9.59 Å². The van der Waals surface area contributed by atoms with E-state index in [4.69, 9.17) is 11.6 Å². The molecule has 2 amide bonds. The molecule has 0 aliphatic rings. The number of halogens is 1. The number of amides is 2. The SMILES string of the molecule is O=C(Nc1nc(-c2cccc3ccccc23)cs1)c1ccc(Cl)c(NC(=O)c2cccs2)c1. The molecule has 2 N–H and O–H groups in total. The van der Waals surface area contributed by atoms with Gasteiger partial charge in [-0.2, -0.15) is 0 Å². The van der Waals surface area contributed by atoms with Crippen molar-refractivity contribution in [3.05, 3.63) is 99.0 Å². The van der Waals surface area contributed by atoms with E-state index in [9.17, 15) is 9.59 Å². The van der Waals surface area contributed by atoms with Gasteiger partial charge in [-0.25, -0.2) is 4.98 Å². The maximum atomic E-state index is 12.9. The topological polar surface area (TPSA) is 71.1 Å². The lowest BCUT2D eigenvalue weighted by Gasteiger charge is -2.09. The van der Waals surface area contributed by atoms with Gasteiger partial charge in [0.1, 0.15) is 0 Å². The summed E-state index contributed by atoms with van der Waals surface area (Å²) in [6.07, 6.45) is 0. The highest BCUT2D eigenvalue weighted by Gasteiger charge is 2.15. The van der Waals surface area contributed by atoms with Crippen LogP contribution < -0.4 is 10.6 Å². The molecule has 0 atom stereocenters. The average molecular weight is 490 g/mol. The third kappa shape index (κ3) is 4.52. The molecule has 0 saturated heterocycles. The molecule has 2 aromatic heterocycles. The van der Waals surface area contributed by atoms with Crippen LogP contribution in [0.4, 0.5) is 10.8 Å². The van der Waals surface area contributed by atoms with Gasteiger partial charge in [-0.1, -0.05) is 60.1 Å². The Morgan fingerprint density at radius 2 is 1.70 bits per heavy atom. The lowest BCUT2D eigenvalue weighted by Crippen LogP contribution is -2.14. The molecule has 0 aliphatic heterocycles. The molecule has 0 fully saturated rings. The van der Waals surface area contributed by atoms with Gasteiger partial charge in [0.15, 0.2) is 5.13 Å². The zero-order chi connectivity index (χ0) is 22.8. The van der Waals surface area contributed by atoms with E-state index >= 15 is 0 Å². The quantitative estimate of drug-likeness (QED) is 0.274. The maximum absolute atomic E-state index is 12.9. The van der Waals surface area contributed by atoms with Crippen LogP contribution in [0, 0.1) is 0 Å². The lowest BCUT2D eigenvalue weighted by atomic mass is 10.0. The van der Waals surface area contributed by atoms with Crippen molar-refractivity contribution in [3.8, 4) is 11.3 Å². The molecule has 33 heavy (non-hydrogen) atoms. The number of carbonyl (C=O) groups is 2. The van der Waals surface area contributed by atoms with E-state index in [0.29, 0.717) is 26.3 Å². The molecular formula is C25H16ClN3O2S2. The first kappa shape index (κ1) is 21.3. The van der Waals surface area contributed by atoms with Crippen LogP contribution in [0.3, 0.4) is 0 Å². The van der Waals surface area contributed by atoms with Gasteiger partial charge in [-0.3, -0.25) is 14.9 Å². The van der Waals surface area contributed by atoms with E-state index in [2.05, 4.69) is 33.8 Å². The molecule has 0 aliphatic carbocycles. The number of thiophene rings is 1. The molecule has 2 heterocycles. The highest BCUT2D eigenvalue weighted by atomic mass is 35.5. The number of nitrogens with one attached hydrogen (secondary N) is 2. The Morgan fingerprint density at radius 1 is 0.848 bits per heavy atom. The molecule has 8 heteroatoms. The molecule has 0 unspecified atom stereocenters. The first-order valence-corrected chi connectivity index (χ1v) is 12.1. The van der Waals surface area contributed by atoms with Crippen LogP contribution >= 0.6 is 34.3 Å². The number of hydrogen-bond acceptors (Lipinski definition) is 5. The predicted molar refractivity (Wildman–Crippen MR) is 137 cm³/mol. The number of anilines is 2. The van der Waals surface area contributed by atoms with Crippen LogP contribution in [0.1, 0.15) is 20.0 Å². The minimum Gasteiger partial charge on any atom is -0.320 e. The summed E-state index contributed by atoms with van der Waals surface area (Å²) in [7, 11) is 0. The minimum absolute atomic E-state index is 0.274. The van der Waals surface area contributed by atoms with Crippen LogP contribution in [0.2, 0.25) is 5.02 Å². The summed E-state index contributed by atoms with van der Waals surface area (Å²) >= 11 is 8.91. The number of benzene rings is 3. The molecule has 5 aromatic rings. The van der Waals surface area contributed by atoms with Crippen LogP contribution in [-0.2, 0) is 0 Å². The van der Waals surface area contributed by atoms with E-state index in [1.807, 2.05) is 35.0 Å². The van der Waals surface area contributed by atoms with Gasteiger partial charge in [0.05, 0.1) is 21.3 Å². The summed E-state index contributed by atoms with van der Waals surface area (Å²) in [4.78, 5) is 30.4. The first-order valence-electron chi connectivity index (χ1n) is 9.98. The van der Waals surface area contributed by atoms with Crippen molar-refractivity contribution in [3.63, 3.8) is 0 Å². The summed E-state index contributed by atoms with van der Waals surface area (Å²) < 4.78 is 0. The zero-order valence-corrected chi connectivity index (χ0v) is 19.4. The molecule has 3 aromatic carbocycles. The van der Waals surface area contributed by atoms with Crippen molar-refractivity contribution in [1.29, 1.82) is 0 Å². The Balaban J connectivity index is 1.35. The maximum Gasteiger partial charge on any atom is 0.265 e. The molecule has 162 valence electrons. The molecular weight excluding hydrogens is 474 g/mol. The highest BCUT2D eigenvalue weighted by molar-refractivity contribution is 7.14. The van der Waals surface area contributed by atoms with Gasteiger partial charge < -0.3 is 5.32 Å². The number of rotatable bonds is 5. The molecule has 5 nitrogen and oxygen atoms in total. The minimum atomic E-state index is -0.336. The second kappa shape index (κ2) is 9.15. The van der Waals surface area contributed by atoms with Crippen molar-refractivity contribution in [2.45, 2.75) is 0 Å². The second-order valence-electron chi connectivity index (χ2n) is 7.14. The highest BCUT2D eigenvalue weighted by Crippen LogP contribution is 2.31. The smallest absolute Gasteiger partial charge is 0.265 e. The standard InChI is InChI=1S/C25H16ClN3O2S2/c26-19-11-10-16(13-20(19)27-24(31)22-9-4-12-32-22)23(30)29-25-28-21(14-33-25)18-8-3-6-15-5-1-2-7-17(15)18/h1-14H,(H,27,31)(H,28,29,30). The summed E-state index contributed by atoms with van der Waals surface area (Å²) in [5, 5.41) is 12.4. The fraction of sp³-hybridized carbons (Fsp3) is 0. The number of fused-ring (bicyclic) bond motifs is 1. The van der Waals surface area contributed by atoms with E-state index in [1.165, 1.54) is 22.7 Å². The van der Waals surface area contributed by atoms with Gasteiger partial charge in [-0.05, 0) is 40.4 Å². The number of thiazole rings is 1. The Morgan fingerprint density at radius 3 is 2.55 bits per heavy atom. The summed E-state index contributed by atoms with van der Waals surface area (Å²) in [5.74, 6) is -0.610. The van der Waals surface area contributed by atoms with E-state index in [-0.39, 0.29) is 11.8 Å². The summed E-state index contributed by atoms with van der Waals surface area (Å²) in [6, 6.07) is 22.5. The van der Waals surface area contributed by atoms with Crippen LogP contribution in [0.5, 0.6) is 0 Å². The van der Waals surface area contributed by atoms with E-state index in [1.54, 1.807) is 30.3 Å². The fourth-order valence-electron chi connectivity index (χ4n) is 3.43. The van der Waals surface area contributed by atoms with E-state index < -0.39 is 0 Å². The average Bonchev–Trinajstić information content (AvgIpc) is 3.53. The van der Waals surface area contributed by atoms with Gasteiger partial charge >= 0.3 is 0 Å². The third-order valence-corrected chi connectivity index (χ3v) is 6.97. The van der Waals surface area contributed by atoms with Gasteiger partial charge in [-0.15, -0.1) is 22.7 Å². The van der Waals surface area contributed by atoms with Gasteiger partial charge in [0, 0.05) is 16.5 Å². The van der Waals surface area contributed by atoms with Crippen LogP contribution in [0.15, 0.2) is 83.6 Å². The second-order valence-corrected chi connectivity index (χ2v) is 9.36. The Hall–Kier alpha value is -3.52. The normalized spacial score (nSPS) is 10.8. The molecule has 0 bridgehead atoms. The molecule has 5 rings (SSSR count).